The van der Waals surface area contributed by atoms with Crippen molar-refractivity contribution in [2.24, 2.45) is 0 Å². The molecule has 0 saturated heterocycles. The van der Waals surface area contributed by atoms with E-state index in [0.29, 0.717) is 12.2 Å². The second kappa shape index (κ2) is 8.08. The molecule has 0 aromatic heterocycles. The normalized spacial score (nSPS) is 12.7. The molecule has 4 heteroatoms. The van der Waals surface area contributed by atoms with Crippen molar-refractivity contribution in [1.82, 2.24) is 0 Å². The van der Waals surface area contributed by atoms with Gasteiger partial charge in [0.2, 0.25) is 0 Å². The van der Waals surface area contributed by atoms with Crippen LogP contribution < -0.4 is 9.47 Å². The Kier molecular flexibility index (Phi) is 4.44. The van der Waals surface area contributed by atoms with Crippen molar-refractivity contribution < 1.29 is 23.1 Å². The van der Waals surface area contributed by atoms with E-state index >= 15 is 0 Å². The fraction of sp³-hybridized carbons (Fsp3) is 0.278. The van der Waals surface area contributed by atoms with Crippen LogP contribution >= 0.6 is 0 Å². The van der Waals surface area contributed by atoms with Gasteiger partial charge in [0, 0.05) is 6.42 Å². The Morgan fingerprint density at radius 3 is 2.64 bits per heavy atom. The fourth-order valence-corrected chi connectivity index (χ4v) is 1.99. The first-order valence-electron chi connectivity index (χ1n) is 8.43. The average molecular weight is 303 g/mol. The van der Waals surface area contributed by atoms with Crippen LogP contribution in [0, 0.1) is 0 Å². The van der Waals surface area contributed by atoms with E-state index in [4.69, 9.17) is 13.6 Å². The van der Waals surface area contributed by atoms with Gasteiger partial charge in [0.05, 0.1) is 18.3 Å². The summed E-state index contributed by atoms with van der Waals surface area (Å²) in [5, 5.41) is 0. The van der Waals surface area contributed by atoms with Gasteiger partial charge in [0.15, 0.2) is 11.5 Å². The third kappa shape index (κ3) is 4.52. The lowest BCUT2D eigenvalue weighted by molar-refractivity contribution is -0.140. The first-order chi connectivity index (χ1) is 11.9. The Hall–Kier alpha value is -2.49. The first kappa shape index (κ1) is 12.1. The van der Waals surface area contributed by atoms with Crippen LogP contribution in [0.5, 0.6) is 11.5 Å². The number of carbonyl (C=O) groups excluding carboxylic acids is 1. The number of carbonyl (C=O) groups is 1. The predicted octanol–water partition coefficient (Wildman–Crippen LogP) is 3.38. The quantitative estimate of drug-likeness (QED) is 0.736. The van der Waals surface area contributed by atoms with E-state index < -0.39 is 7.04 Å². The first-order valence-corrected chi connectivity index (χ1v) is 6.93. The molecule has 0 bridgehead atoms. The highest BCUT2D eigenvalue weighted by Gasteiger charge is 2.08. The van der Waals surface area contributed by atoms with Crippen LogP contribution in [-0.2, 0) is 22.6 Å². The topological polar surface area (TPSA) is 44.8 Å². The highest BCUT2D eigenvalue weighted by Crippen LogP contribution is 2.29. The molecule has 2 aromatic rings. The Bertz CT molecular complexity index is 699. The summed E-state index contributed by atoms with van der Waals surface area (Å²) in [4.78, 5) is 11.3. The van der Waals surface area contributed by atoms with Crippen LogP contribution in [0.2, 0.25) is 0 Å². The standard InChI is InChI=1S/C18H20O4/c1-20-16-10-8-14(9-11-18(19)21-2)12-17(16)22-13-15-6-4-3-5-7-15/h3-8,10,12H,9,11,13H2,1-2H3/i1D3. The van der Waals surface area contributed by atoms with Gasteiger partial charge in [-0.05, 0) is 29.7 Å². The molecule has 116 valence electrons. The van der Waals surface area contributed by atoms with Crippen molar-refractivity contribution in [1.29, 1.82) is 0 Å². The van der Waals surface area contributed by atoms with E-state index in [9.17, 15) is 4.79 Å². The molecule has 0 heterocycles. The van der Waals surface area contributed by atoms with Crippen molar-refractivity contribution in [3.8, 4) is 11.5 Å². The van der Waals surface area contributed by atoms with E-state index in [0.717, 1.165) is 11.1 Å². The van der Waals surface area contributed by atoms with Gasteiger partial charge in [-0.15, -0.1) is 0 Å². The molecule has 0 unspecified atom stereocenters. The van der Waals surface area contributed by atoms with Crippen LogP contribution in [0.3, 0.4) is 0 Å². The SMILES string of the molecule is [2H]C([2H])([2H])Oc1ccc(CCC(=O)OC)cc1OCc1ccccc1. The van der Waals surface area contributed by atoms with E-state index in [2.05, 4.69) is 4.74 Å². The van der Waals surface area contributed by atoms with Crippen LogP contribution in [-0.4, -0.2) is 20.1 Å². The maximum atomic E-state index is 11.3. The van der Waals surface area contributed by atoms with E-state index in [1.165, 1.54) is 7.11 Å². The summed E-state index contributed by atoms with van der Waals surface area (Å²) < 4.78 is 37.2. The zero-order valence-corrected chi connectivity index (χ0v) is 12.4. The van der Waals surface area contributed by atoms with Gasteiger partial charge in [0.1, 0.15) is 6.61 Å². The Morgan fingerprint density at radius 2 is 1.91 bits per heavy atom. The average Bonchev–Trinajstić information content (AvgIpc) is 2.59. The van der Waals surface area contributed by atoms with Gasteiger partial charge in [-0.25, -0.2) is 0 Å². The maximum absolute atomic E-state index is 11.3. The van der Waals surface area contributed by atoms with Crippen molar-refractivity contribution in [2.45, 2.75) is 19.4 Å². The molecule has 0 spiro atoms. The van der Waals surface area contributed by atoms with Gasteiger partial charge in [-0.1, -0.05) is 36.4 Å². The van der Waals surface area contributed by atoms with Crippen molar-refractivity contribution in [3.63, 3.8) is 0 Å². The van der Waals surface area contributed by atoms with Crippen LogP contribution in [0.15, 0.2) is 48.5 Å². The van der Waals surface area contributed by atoms with Gasteiger partial charge < -0.3 is 14.2 Å². The monoisotopic (exact) mass is 303 g/mol. The maximum Gasteiger partial charge on any atom is 0.305 e. The molecule has 0 fully saturated rings. The Labute approximate surface area is 134 Å². The lowest BCUT2D eigenvalue weighted by atomic mass is 10.1. The Morgan fingerprint density at radius 1 is 1.09 bits per heavy atom. The molecule has 0 amide bonds. The lowest BCUT2D eigenvalue weighted by Gasteiger charge is -2.12. The van der Waals surface area contributed by atoms with Gasteiger partial charge >= 0.3 is 5.97 Å². The molecule has 0 radical (unpaired) electrons. The molecule has 2 aromatic carbocycles. The van der Waals surface area contributed by atoms with Crippen molar-refractivity contribution in [2.75, 3.05) is 14.1 Å². The molecule has 0 aliphatic heterocycles. The van der Waals surface area contributed by atoms with Crippen LogP contribution in [0.1, 0.15) is 21.7 Å². The van der Waals surface area contributed by atoms with Crippen molar-refractivity contribution in [3.05, 3.63) is 59.7 Å². The molecular weight excluding hydrogens is 280 g/mol. The van der Waals surface area contributed by atoms with Crippen LogP contribution in [0.4, 0.5) is 0 Å². The second-order valence-corrected chi connectivity index (χ2v) is 4.73. The Balaban J connectivity index is 2.16. The minimum atomic E-state index is -2.57. The van der Waals surface area contributed by atoms with Crippen LogP contribution in [0.25, 0.3) is 0 Å². The third-order valence-electron chi connectivity index (χ3n) is 3.20. The number of aryl methyl sites for hydroxylation is 1. The molecular formula is C18H20O4. The summed E-state index contributed by atoms with van der Waals surface area (Å²) in [6.45, 7) is 0.276. The van der Waals surface area contributed by atoms with E-state index in [1.807, 2.05) is 30.3 Å². The van der Waals surface area contributed by atoms with Gasteiger partial charge in [-0.2, -0.15) is 0 Å². The second-order valence-electron chi connectivity index (χ2n) is 4.73. The van der Waals surface area contributed by atoms with Gasteiger partial charge in [0.25, 0.3) is 0 Å². The molecule has 0 N–H and O–H groups in total. The molecule has 0 saturated carbocycles. The number of rotatable bonds is 7. The van der Waals surface area contributed by atoms with E-state index in [1.54, 1.807) is 18.2 Å². The summed E-state index contributed by atoms with van der Waals surface area (Å²) in [6.07, 6.45) is 0.691. The largest absolute Gasteiger partial charge is 0.493 e. The number of methoxy groups -OCH3 is 2. The van der Waals surface area contributed by atoms with E-state index in [-0.39, 0.29) is 24.7 Å². The number of benzene rings is 2. The number of ether oxygens (including phenoxy) is 3. The highest BCUT2D eigenvalue weighted by molar-refractivity contribution is 5.69. The van der Waals surface area contributed by atoms with Crippen molar-refractivity contribution >= 4 is 5.97 Å². The minimum absolute atomic E-state index is 0.137. The third-order valence-corrected chi connectivity index (χ3v) is 3.20. The predicted molar refractivity (Wildman–Crippen MR) is 84.1 cm³/mol. The zero-order chi connectivity index (χ0) is 18.3. The summed E-state index contributed by atoms with van der Waals surface area (Å²) >= 11 is 0. The highest BCUT2D eigenvalue weighted by atomic mass is 16.5. The zero-order valence-electron chi connectivity index (χ0n) is 15.4. The fourth-order valence-electron chi connectivity index (χ4n) is 1.99. The molecule has 2 rings (SSSR count). The summed E-state index contributed by atoms with van der Waals surface area (Å²) in [5.41, 5.74) is 1.77. The molecule has 4 nitrogen and oxygen atoms in total. The summed E-state index contributed by atoms with van der Waals surface area (Å²) in [7, 11) is -1.23. The lowest BCUT2D eigenvalue weighted by Crippen LogP contribution is -2.03. The number of hydrogen-bond acceptors (Lipinski definition) is 4. The number of esters is 1. The van der Waals surface area contributed by atoms with Gasteiger partial charge in [-0.3, -0.25) is 4.79 Å². The number of hydrogen-bond donors (Lipinski definition) is 0. The minimum Gasteiger partial charge on any atom is -0.493 e. The molecule has 0 aliphatic rings. The molecule has 0 atom stereocenters. The molecule has 22 heavy (non-hydrogen) atoms. The summed E-state index contributed by atoms with van der Waals surface area (Å²) in [5.74, 6) is 0.148. The molecule has 0 aliphatic carbocycles. The smallest absolute Gasteiger partial charge is 0.305 e. The summed E-state index contributed by atoms with van der Waals surface area (Å²) in [6, 6.07) is 14.4.